The molecule has 26 heavy (non-hydrogen) atoms. The van der Waals surface area contributed by atoms with Gasteiger partial charge in [0.25, 0.3) is 0 Å². The quantitative estimate of drug-likeness (QED) is 0.607. The number of nitrogens with one attached hydrogen (secondary N) is 1. The van der Waals surface area contributed by atoms with E-state index in [9.17, 15) is 9.18 Å². The Morgan fingerprint density at radius 2 is 2.15 bits per heavy atom. The molecule has 1 N–H and O–H groups in total. The third kappa shape index (κ3) is 4.86. The monoisotopic (exact) mass is 394 g/mol. The number of aromatic nitrogens is 2. The van der Waals surface area contributed by atoms with Crippen molar-refractivity contribution in [2.45, 2.75) is 24.8 Å². The lowest BCUT2D eigenvalue weighted by Gasteiger charge is -2.31. The van der Waals surface area contributed by atoms with Crippen LogP contribution in [0.2, 0.25) is 5.02 Å². The SMILES string of the molecule is CC1CCN(c2cc(SCC(=O)Nc3cccc(Cl)c3F)ncn2)CC1. The Bertz CT molecular complexity index is 784. The van der Waals surface area contributed by atoms with Gasteiger partial charge in [-0.25, -0.2) is 14.4 Å². The smallest absolute Gasteiger partial charge is 0.234 e. The molecule has 5 nitrogen and oxygen atoms in total. The molecule has 1 aromatic heterocycles. The van der Waals surface area contributed by atoms with Gasteiger partial charge in [-0.05, 0) is 30.9 Å². The van der Waals surface area contributed by atoms with Crippen LogP contribution in [0.15, 0.2) is 35.6 Å². The number of halogens is 2. The third-order valence-electron chi connectivity index (χ3n) is 4.31. The number of thioether (sulfide) groups is 1. The van der Waals surface area contributed by atoms with Crippen LogP contribution >= 0.6 is 23.4 Å². The van der Waals surface area contributed by atoms with Gasteiger partial charge in [0.2, 0.25) is 5.91 Å². The highest BCUT2D eigenvalue weighted by atomic mass is 35.5. The summed E-state index contributed by atoms with van der Waals surface area (Å²) < 4.78 is 13.8. The van der Waals surface area contributed by atoms with Crippen LogP contribution in [-0.2, 0) is 4.79 Å². The minimum atomic E-state index is -0.629. The molecule has 1 aliphatic heterocycles. The summed E-state index contributed by atoms with van der Waals surface area (Å²) in [5.41, 5.74) is 0.0777. The molecule has 1 aromatic carbocycles. The Balaban J connectivity index is 1.57. The van der Waals surface area contributed by atoms with Crippen LogP contribution < -0.4 is 10.2 Å². The van der Waals surface area contributed by atoms with Crippen molar-refractivity contribution in [2.75, 3.05) is 29.1 Å². The van der Waals surface area contributed by atoms with Crippen LogP contribution in [0.4, 0.5) is 15.9 Å². The van der Waals surface area contributed by atoms with E-state index in [-0.39, 0.29) is 22.4 Å². The zero-order chi connectivity index (χ0) is 18.5. The van der Waals surface area contributed by atoms with Crippen molar-refractivity contribution >= 4 is 40.8 Å². The maximum atomic E-state index is 13.8. The van der Waals surface area contributed by atoms with E-state index >= 15 is 0 Å². The lowest BCUT2D eigenvalue weighted by molar-refractivity contribution is -0.113. The summed E-state index contributed by atoms with van der Waals surface area (Å²) in [6, 6.07) is 6.40. The molecular weight excluding hydrogens is 375 g/mol. The van der Waals surface area contributed by atoms with E-state index < -0.39 is 5.82 Å². The number of carbonyl (C=O) groups excluding carboxylic acids is 1. The van der Waals surface area contributed by atoms with Gasteiger partial charge in [-0.2, -0.15) is 0 Å². The molecule has 2 aromatic rings. The Hall–Kier alpha value is -1.86. The summed E-state index contributed by atoms with van der Waals surface area (Å²) in [6.07, 6.45) is 3.82. The number of amides is 1. The first-order valence-electron chi connectivity index (χ1n) is 8.46. The number of anilines is 2. The van der Waals surface area contributed by atoms with E-state index in [1.807, 2.05) is 6.07 Å². The van der Waals surface area contributed by atoms with Gasteiger partial charge in [0, 0.05) is 19.2 Å². The van der Waals surface area contributed by atoms with Gasteiger partial charge < -0.3 is 10.2 Å². The average molecular weight is 395 g/mol. The van der Waals surface area contributed by atoms with Crippen molar-refractivity contribution in [1.29, 1.82) is 0 Å². The van der Waals surface area contributed by atoms with Crippen LogP contribution in [0.25, 0.3) is 0 Å². The van der Waals surface area contributed by atoms with Crippen LogP contribution in [-0.4, -0.2) is 34.7 Å². The lowest BCUT2D eigenvalue weighted by atomic mass is 9.99. The number of benzene rings is 1. The maximum absolute atomic E-state index is 13.8. The molecule has 8 heteroatoms. The molecular formula is C18H20ClFN4OS. The van der Waals surface area contributed by atoms with E-state index in [0.29, 0.717) is 0 Å². The zero-order valence-corrected chi connectivity index (χ0v) is 16.0. The normalized spacial score (nSPS) is 15.1. The van der Waals surface area contributed by atoms with Gasteiger partial charge in [0.1, 0.15) is 17.2 Å². The van der Waals surface area contributed by atoms with E-state index in [0.717, 1.165) is 42.7 Å². The van der Waals surface area contributed by atoms with E-state index in [2.05, 4.69) is 27.1 Å². The van der Waals surface area contributed by atoms with E-state index in [4.69, 9.17) is 11.6 Å². The summed E-state index contributed by atoms with van der Waals surface area (Å²) in [4.78, 5) is 22.9. The van der Waals surface area contributed by atoms with Crippen molar-refractivity contribution in [3.63, 3.8) is 0 Å². The van der Waals surface area contributed by atoms with Crippen molar-refractivity contribution in [2.24, 2.45) is 5.92 Å². The van der Waals surface area contributed by atoms with Gasteiger partial charge in [0.15, 0.2) is 5.82 Å². The number of carbonyl (C=O) groups is 1. The molecule has 2 heterocycles. The van der Waals surface area contributed by atoms with Gasteiger partial charge in [0.05, 0.1) is 16.5 Å². The predicted molar refractivity (Wildman–Crippen MR) is 103 cm³/mol. The second-order valence-corrected chi connectivity index (χ2v) is 7.73. The Labute approximate surface area is 161 Å². The minimum Gasteiger partial charge on any atom is -0.356 e. The third-order valence-corrected chi connectivity index (χ3v) is 5.53. The molecule has 0 bridgehead atoms. The molecule has 0 atom stereocenters. The highest BCUT2D eigenvalue weighted by Gasteiger charge is 2.17. The summed E-state index contributed by atoms with van der Waals surface area (Å²) in [7, 11) is 0. The Kier molecular flexibility index (Phi) is 6.32. The fourth-order valence-corrected chi connectivity index (χ4v) is 3.58. The number of piperidine rings is 1. The topological polar surface area (TPSA) is 58.1 Å². The number of nitrogens with zero attached hydrogens (tertiary/aromatic N) is 3. The summed E-state index contributed by atoms with van der Waals surface area (Å²) >= 11 is 7.01. The number of hydrogen-bond acceptors (Lipinski definition) is 5. The summed E-state index contributed by atoms with van der Waals surface area (Å²) in [5.74, 6) is 0.812. The standard InChI is InChI=1S/C18H20ClFN4OS/c1-12-5-7-24(8-6-12)15-9-17(22-11-21-15)26-10-16(25)23-14-4-2-3-13(19)18(14)20/h2-4,9,11-12H,5-8,10H2,1H3,(H,23,25). The second kappa shape index (κ2) is 8.68. The number of hydrogen-bond donors (Lipinski definition) is 1. The van der Waals surface area contributed by atoms with Crippen molar-refractivity contribution in [3.05, 3.63) is 41.4 Å². The summed E-state index contributed by atoms with van der Waals surface area (Å²) in [6.45, 7) is 4.23. The largest absolute Gasteiger partial charge is 0.356 e. The highest BCUT2D eigenvalue weighted by molar-refractivity contribution is 7.99. The lowest BCUT2D eigenvalue weighted by Crippen LogP contribution is -2.33. The fourth-order valence-electron chi connectivity index (χ4n) is 2.75. The molecule has 0 unspecified atom stereocenters. The second-order valence-electron chi connectivity index (χ2n) is 6.32. The van der Waals surface area contributed by atoms with Crippen molar-refractivity contribution in [1.82, 2.24) is 9.97 Å². The van der Waals surface area contributed by atoms with Crippen LogP contribution in [0.1, 0.15) is 19.8 Å². The van der Waals surface area contributed by atoms with E-state index in [1.54, 1.807) is 6.07 Å². The van der Waals surface area contributed by atoms with Crippen molar-refractivity contribution < 1.29 is 9.18 Å². The molecule has 1 saturated heterocycles. The molecule has 1 aliphatic rings. The first-order valence-corrected chi connectivity index (χ1v) is 9.83. The fraction of sp³-hybridized carbons (Fsp3) is 0.389. The Morgan fingerprint density at radius 3 is 2.92 bits per heavy atom. The highest BCUT2D eigenvalue weighted by Crippen LogP contribution is 2.25. The molecule has 138 valence electrons. The van der Waals surface area contributed by atoms with Gasteiger partial charge in [-0.3, -0.25) is 4.79 Å². The van der Waals surface area contributed by atoms with Gasteiger partial charge >= 0.3 is 0 Å². The minimum absolute atomic E-state index is 0.0215. The van der Waals surface area contributed by atoms with Crippen LogP contribution in [0.5, 0.6) is 0 Å². The molecule has 3 rings (SSSR count). The number of rotatable bonds is 5. The molecule has 0 aliphatic carbocycles. The average Bonchev–Trinajstić information content (AvgIpc) is 2.65. The maximum Gasteiger partial charge on any atom is 0.234 e. The molecule has 0 spiro atoms. The first kappa shape index (κ1) is 18.9. The molecule has 0 radical (unpaired) electrons. The van der Waals surface area contributed by atoms with Crippen LogP contribution in [0.3, 0.4) is 0 Å². The first-order chi connectivity index (χ1) is 12.5. The Morgan fingerprint density at radius 1 is 1.38 bits per heavy atom. The van der Waals surface area contributed by atoms with Gasteiger partial charge in [-0.15, -0.1) is 0 Å². The summed E-state index contributed by atoms with van der Waals surface area (Å²) in [5, 5.41) is 3.23. The molecule has 0 saturated carbocycles. The van der Waals surface area contributed by atoms with Crippen molar-refractivity contribution in [3.8, 4) is 0 Å². The van der Waals surface area contributed by atoms with Crippen LogP contribution in [0, 0.1) is 11.7 Å². The molecule has 1 fully saturated rings. The van der Waals surface area contributed by atoms with Gasteiger partial charge in [-0.1, -0.05) is 36.4 Å². The van der Waals surface area contributed by atoms with E-state index in [1.165, 1.54) is 30.2 Å². The molecule has 1 amide bonds. The predicted octanol–water partition coefficient (Wildman–Crippen LogP) is 4.24. The zero-order valence-electron chi connectivity index (χ0n) is 14.4.